The average Bonchev–Trinajstić information content (AvgIpc) is 2.62. The molecule has 2 nitrogen and oxygen atoms in total. The smallest absolute Gasteiger partial charge is 0.176 e. The van der Waals surface area contributed by atoms with Crippen LogP contribution in [0.25, 0.3) is 12.2 Å². The highest BCUT2D eigenvalue weighted by Crippen LogP contribution is 2.14. The van der Waals surface area contributed by atoms with Crippen LogP contribution in [0.3, 0.4) is 0 Å². The molecule has 0 saturated carbocycles. The number of benzene rings is 2. The van der Waals surface area contributed by atoms with Crippen LogP contribution in [-0.4, -0.2) is 30.3 Å². The number of hydrogen-bond acceptors (Lipinski definition) is 2. The van der Waals surface area contributed by atoms with Crippen molar-refractivity contribution in [2.24, 2.45) is 0 Å². The van der Waals surface area contributed by atoms with Gasteiger partial charge < -0.3 is 0 Å². The summed E-state index contributed by atoms with van der Waals surface area (Å²) in [6, 6.07) is 15.6. The van der Waals surface area contributed by atoms with Crippen molar-refractivity contribution in [3.05, 3.63) is 70.2 Å². The Labute approximate surface area is 148 Å². The van der Waals surface area contributed by atoms with Crippen LogP contribution < -0.4 is 0 Å². The van der Waals surface area contributed by atoms with E-state index in [0.717, 1.165) is 34.8 Å². The highest BCUT2D eigenvalue weighted by Gasteiger charge is 2.14. The third kappa shape index (κ3) is 4.80. The van der Waals surface area contributed by atoms with E-state index in [2.05, 4.69) is 4.90 Å². The Balaban J connectivity index is 1.60. The van der Waals surface area contributed by atoms with Crippen LogP contribution in [0.15, 0.2) is 48.5 Å². The first-order valence-electron chi connectivity index (χ1n) is 8.50. The molecule has 0 N–H and O–H groups in total. The van der Waals surface area contributed by atoms with Gasteiger partial charge in [0.2, 0.25) is 0 Å². The molecular formula is C21H22ClNO. The lowest BCUT2D eigenvalue weighted by molar-refractivity contribution is 0.0915. The third-order valence-electron chi connectivity index (χ3n) is 4.39. The molecule has 0 atom stereocenters. The van der Waals surface area contributed by atoms with E-state index in [1.54, 1.807) is 0 Å². The highest BCUT2D eigenvalue weighted by atomic mass is 35.5. The van der Waals surface area contributed by atoms with Crippen LogP contribution in [0.4, 0.5) is 0 Å². The Morgan fingerprint density at radius 1 is 0.875 bits per heavy atom. The fourth-order valence-corrected chi connectivity index (χ4v) is 3.08. The summed E-state index contributed by atoms with van der Waals surface area (Å²) in [5.74, 6) is 0.213. The van der Waals surface area contributed by atoms with Crippen LogP contribution in [-0.2, 0) is 0 Å². The summed E-state index contributed by atoms with van der Waals surface area (Å²) in [6.07, 6.45) is 7.80. The van der Waals surface area contributed by atoms with Gasteiger partial charge in [-0.05, 0) is 49.2 Å². The van der Waals surface area contributed by atoms with Gasteiger partial charge in [0.15, 0.2) is 5.78 Å². The highest BCUT2D eigenvalue weighted by molar-refractivity contribution is 6.30. The molecule has 1 aliphatic heterocycles. The zero-order valence-corrected chi connectivity index (χ0v) is 14.5. The molecule has 0 aromatic heterocycles. The molecule has 0 bridgehead atoms. The summed E-state index contributed by atoms with van der Waals surface area (Å²) in [4.78, 5) is 14.6. The van der Waals surface area contributed by atoms with E-state index in [9.17, 15) is 4.79 Å². The molecule has 0 amide bonds. The van der Waals surface area contributed by atoms with Crippen LogP contribution in [0.2, 0.25) is 5.02 Å². The van der Waals surface area contributed by atoms with E-state index >= 15 is 0 Å². The van der Waals surface area contributed by atoms with Gasteiger partial charge in [-0.1, -0.05) is 66.6 Å². The van der Waals surface area contributed by atoms with Crippen molar-refractivity contribution < 1.29 is 4.79 Å². The lowest BCUT2D eigenvalue weighted by Crippen LogP contribution is -2.34. The molecule has 124 valence electrons. The second-order valence-electron chi connectivity index (χ2n) is 6.27. The van der Waals surface area contributed by atoms with Crippen molar-refractivity contribution in [2.45, 2.75) is 19.3 Å². The summed E-state index contributed by atoms with van der Waals surface area (Å²) >= 11 is 5.89. The maximum absolute atomic E-state index is 12.4. The van der Waals surface area contributed by atoms with E-state index in [-0.39, 0.29) is 5.78 Å². The summed E-state index contributed by atoms with van der Waals surface area (Å²) in [7, 11) is 0. The van der Waals surface area contributed by atoms with E-state index in [0.29, 0.717) is 6.54 Å². The zero-order valence-electron chi connectivity index (χ0n) is 13.7. The topological polar surface area (TPSA) is 20.3 Å². The summed E-state index contributed by atoms with van der Waals surface area (Å²) in [5.41, 5.74) is 2.98. The van der Waals surface area contributed by atoms with Gasteiger partial charge in [0.25, 0.3) is 0 Å². The van der Waals surface area contributed by atoms with Crippen LogP contribution in [0.5, 0.6) is 0 Å². The number of likely N-dealkylation sites (tertiary alicyclic amines) is 1. The van der Waals surface area contributed by atoms with Gasteiger partial charge in [0.1, 0.15) is 0 Å². The van der Waals surface area contributed by atoms with E-state index in [1.165, 1.54) is 19.3 Å². The predicted octanol–water partition coefficient (Wildman–Crippen LogP) is 5.18. The Morgan fingerprint density at radius 3 is 2.00 bits per heavy atom. The molecule has 0 spiro atoms. The minimum atomic E-state index is 0.213. The number of ketones is 1. The minimum Gasteiger partial charge on any atom is -0.296 e. The second-order valence-corrected chi connectivity index (χ2v) is 6.70. The quantitative estimate of drug-likeness (QED) is 0.552. The number of Topliss-reactive ketones (excluding diaryl/α,β-unsaturated/α-hetero) is 1. The molecule has 24 heavy (non-hydrogen) atoms. The zero-order chi connectivity index (χ0) is 16.8. The second kappa shape index (κ2) is 8.27. The monoisotopic (exact) mass is 339 g/mol. The molecular weight excluding hydrogens is 318 g/mol. The molecule has 1 fully saturated rings. The lowest BCUT2D eigenvalue weighted by atomic mass is 10.1. The molecule has 0 unspecified atom stereocenters. The van der Waals surface area contributed by atoms with Gasteiger partial charge in [0.05, 0.1) is 6.54 Å². The maximum Gasteiger partial charge on any atom is 0.176 e. The Bertz CT molecular complexity index is 698. The normalized spacial score (nSPS) is 15.7. The van der Waals surface area contributed by atoms with Gasteiger partial charge in [-0.3, -0.25) is 9.69 Å². The van der Waals surface area contributed by atoms with E-state index in [1.807, 2.05) is 60.7 Å². The fraction of sp³-hybridized carbons (Fsp3) is 0.286. The first kappa shape index (κ1) is 16.9. The number of nitrogens with zero attached hydrogens (tertiary/aromatic N) is 1. The molecule has 2 aromatic carbocycles. The standard InChI is InChI=1S/C21H22ClNO/c22-20-12-8-18(9-13-20)5-4-17-6-10-19(11-7-17)21(24)16-23-14-2-1-3-15-23/h4-13H,1-3,14-16H2/b5-4+. The van der Waals surface area contributed by atoms with Crippen molar-refractivity contribution in [1.82, 2.24) is 4.90 Å². The van der Waals surface area contributed by atoms with Crippen molar-refractivity contribution in [3.63, 3.8) is 0 Å². The fourth-order valence-electron chi connectivity index (χ4n) is 2.96. The molecule has 0 aliphatic carbocycles. The first-order chi connectivity index (χ1) is 11.7. The molecule has 3 heteroatoms. The Morgan fingerprint density at radius 2 is 1.42 bits per heavy atom. The van der Waals surface area contributed by atoms with Crippen LogP contribution >= 0.6 is 11.6 Å². The van der Waals surface area contributed by atoms with Crippen LogP contribution in [0.1, 0.15) is 40.7 Å². The predicted molar refractivity (Wildman–Crippen MR) is 101 cm³/mol. The first-order valence-corrected chi connectivity index (χ1v) is 8.88. The number of piperidine rings is 1. The summed E-state index contributed by atoms with van der Waals surface area (Å²) in [5, 5.41) is 0.740. The Hall–Kier alpha value is -1.90. The molecule has 0 radical (unpaired) electrons. The van der Waals surface area contributed by atoms with Gasteiger partial charge in [-0.15, -0.1) is 0 Å². The van der Waals surface area contributed by atoms with Crippen molar-refractivity contribution in [2.75, 3.05) is 19.6 Å². The van der Waals surface area contributed by atoms with Gasteiger partial charge in [-0.25, -0.2) is 0 Å². The van der Waals surface area contributed by atoms with Crippen LogP contribution in [0, 0.1) is 0 Å². The minimum absolute atomic E-state index is 0.213. The molecule has 1 aliphatic rings. The number of carbonyl (C=O) groups is 1. The Kier molecular flexibility index (Phi) is 5.84. The number of halogens is 1. The molecule has 3 rings (SSSR count). The van der Waals surface area contributed by atoms with Gasteiger partial charge in [0, 0.05) is 10.6 Å². The van der Waals surface area contributed by atoms with Crippen molar-refractivity contribution >= 4 is 29.5 Å². The summed E-state index contributed by atoms with van der Waals surface area (Å²) in [6.45, 7) is 2.64. The molecule has 2 aromatic rings. The SMILES string of the molecule is O=C(CN1CCCCC1)c1ccc(/C=C/c2ccc(Cl)cc2)cc1. The third-order valence-corrected chi connectivity index (χ3v) is 4.64. The number of rotatable bonds is 5. The van der Waals surface area contributed by atoms with Crippen molar-refractivity contribution in [1.29, 1.82) is 0 Å². The van der Waals surface area contributed by atoms with Gasteiger partial charge >= 0.3 is 0 Å². The van der Waals surface area contributed by atoms with Crippen molar-refractivity contribution in [3.8, 4) is 0 Å². The molecule has 1 heterocycles. The molecule has 1 saturated heterocycles. The summed E-state index contributed by atoms with van der Waals surface area (Å²) < 4.78 is 0. The average molecular weight is 340 g/mol. The lowest BCUT2D eigenvalue weighted by Gasteiger charge is -2.25. The largest absolute Gasteiger partial charge is 0.296 e. The van der Waals surface area contributed by atoms with E-state index < -0.39 is 0 Å². The number of carbonyl (C=O) groups excluding carboxylic acids is 1. The van der Waals surface area contributed by atoms with E-state index in [4.69, 9.17) is 11.6 Å². The maximum atomic E-state index is 12.4. The van der Waals surface area contributed by atoms with Gasteiger partial charge in [-0.2, -0.15) is 0 Å². The number of hydrogen-bond donors (Lipinski definition) is 0.